The van der Waals surface area contributed by atoms with Crippen molar-refractivity contribution in [2.75, 3.05) is 5.43 Å². The summed E-state index contributed by atoms with van der Waals surface area (Å²) in [4.78, 5) is 4.66. The van der Waals surface area contributed by atoms with Gasteiger partial charge in [0.2, 0.25) is 5.13 Å². The Morgan fingerprint density at radius 3 is 2.48 bits per heavy atom. The molecule has 0 aliphatic carbocycles. The lowest BCUT2D eigenvalue weighted by Crippen LogP contribution is -1.99. The predicted octanol–water partition coefficient (Wildman–Crippen LogP) is 5.14. The van der Waals surface area contributed by atoms with Crippen LogP contribution in [0.3, 0.4) is 0 Å². The second-order valence-electron chi connectivity index (χ2n) is 6.10. The van der Waals surface area contributed by atoms with Crippen molar-refractivity contribution in [3.63, 3.8) is 0 Å². The Morgan fingerprint density at radius 1 is 1.04 bits per heavy atom. The number of aromatic nitrogens is 3. The number of hydrogen-bond donors (Lipinski definition) is 1. The highest BCUT2D eigenvalue weighted by atomic mass is 32.1. The van der Waals surface area contributed by atoms with Gasteiger partial charge in [-0.1, -0.05) is 48.5 Å². The van der Waals surface area contributed by atoms with Crippen LogP contribution in [-0.2, 0) is 0 Å². The molecule has 0 unspecified atom stereocenters. The molecule has 2 aromatic heterocycles. The number of thiazole rings is 1. The van der Waals surface area contributed by atoms with Gasteiger partial charge in [0.1, 0.15) is 0 Å². The molecule has 2 aromatic carbocycles. The van der Waals surface area contributed by atoms with Crippen molar-refractivity contribution in [1.82, 2.24) is 14.8 Å². The van der Waals surface area contributed by atoms with Gasteiger partial charge in [0, 0.05) is 10.9 Å². The fraction of sp³-hybridized carbons (Fsp3) is 0.0952. The molecule has 4 aromatic rings. The molecule has 0 bridgehead atoms. The van der Waals surface area contributed by atoms with Crippen LogP contribution in [0.5, 0.6) is 0 Å². The van der Waals surface area contributed by atoms with Crippen molar-refractivity contribution in [2.24, 2.45) is 5.10 Å². The fourth-order valence-electron chi connectivity index (χ4n) is 2.81. The highest BCUT2D eigenvalue weighted by Gasteiger charge is 2.13. The summed E-state index contributed by atoms with van der Waals surface area (Å²) < 4.78 is 1.93. The molecular formula is C21H19N5S. The van der Waals surface area contributed by atoms with E-state index in [4.69, 9.17) is 0 Å². The zero-order valence-corrected chi connectivity index (χ0v) is 15.9. The van der Waals surface area contributed by atoms with E-state index in [0.717, 1.165) is 39.0 Å². The second kappa shape index (κ2) is 7.55. The Hall–Kier alpha value is -3.25. The van der Waals surface area contributed by atoms with E-state index in [1.165, 1.54) is 11.3 Å². The standard InChI is InChI=1S/C21H19N5S/c1-15(17-9-5-3-6-10-17)24-25-21-23-20(14-27-21)19-13-22-26(16(19)2)18-11-7-4-8-12-18/h3-14H,1-2H3,(H,23,25)/b24-15+. The second-order valence-corrected chi connectivity index (χ2v) is 6.96. The van der Waals surface area contributed by atoms with Gasteiger partial charge < -0.3 is 0 Å². The maximum Gasteiger partial charge on any atom is 0.203 e. The molecule has 6 heteroatoms. The number of nitrogens with zero attached hydrogens (tertiary/aromatic N) is 4. The van der Waals surface area contributed by atoms with Crippen LogP contribution >= 0.6 is 11.3 Å². The minimum Gasteiger partial charge on any atom is -0.252 e. The number of nitrogens with one attached hydrogen (secondary N) is 1. The monoisotopic (exact) mass is 373 g/mol. The summed E-state index contributed by atoms with van der Waals surface area (Å²) in [5, 5.41) is 11.7. The van der Waals surface area contributed by atoms with E-state index in [1.807, 2.05) is 83.8 Å². The van der Waals surface area contributed by atoms with Gasteiger partial charge in [-0.2, -0.15) is 10.2 Å². The fourth-order valence-corrected chi connectivity index (χ4v) is 3.47. The Balaban J connectivity index is 1.54. The molecule has 0 radical (unpaired) electrons. The van der Waals surface area contributed by atoms with Crippen LogP contribution < -0.4 is 5.43 Å². The predicted molar refractivity (Wildman–Crippen MR) is 112 cm³/mol. The van der Waals surface area contributed by atoms with Gasteiger partial charge in [-0.3, -0.25) is 5.43 Å². The first-order valence-corrected chi connectivity index (χ1v) is 9.52. The zero-order chi connectivity index (χ0) is 18.6. The smallest absolute Gasteiger partial charge is 0.203 e. The molecule has 2 heterocycles. The summed E-state index contributed by atoms with van der Waals surface area (Å²) in [6.07, 6.45) is 1.86. The van der Waals surface area contributed by atoms with E-state index >= 15 is 0 Å². The molecule has 0 saturated heterocycles. The van der Waals surface area contributed by atoms with E-state index in [-0.39, 0.29) is 0 Å². The van der Waals surface area contributed by atoms with Crippen LogP contribution in [-0.4, -0.2) is 20.5 Å². The molecule has 0 saturated carbocycles. The number of para-hydroxylation sites is 1. The Bertz CT molecular complexity index is 1060. The normalized spacial score (nSPS) is 11.6. The van der Waals surface area contributed by atoms with Crippen molar-refractivity contribution in [1.29, 1.82) is 0 Å². The Labute approximate surface area is 162 Å². The minimum absolute atomic E-state index is 0.757. The van der Waals surface area contributed by atoms with Gasteiger partial charge in [0.15, 0.2) is 0 Å². The first-order valence-electron chi connectivity index (χ1n) is 8.64. The van der Waals surface area contributed by atoms with E-state index in [9.17, 15) is 0 Å². The first kappa shape index (κ1) is 17.2. The third-order valence-electron chi connectivity index (χ3n) is 4.30. The van der Waals surface area contributed by atoms with Crippen molar-refractivity contribution in [3.05, 3.63) is 83.5 Å². The first-order chi connectivity index (χ1) is 13.2. The van der Waals surface area contributed by atoms with Gasteiger partial charge in [-0.25, -0.2) is 9.67 Å². The molecule has 0 amide bonds. The lowest BCUT2D eigenvalue weighted by Gasteiger charge is -2.04. The Morgan fingerprint density at radius 2 is 1.74 bits per heavy atom. The number of rotatable bonds is 5. The maximum atomic E-state index is 4.66. The molecule has 0 fully saturated rings. The highest BCUT2D eigenvalue weighted by molar-refractivity contribution is 7.14. The summed E-state index contributed by atoms with van der Waals surface area (Å²) >= 11 is 1.53. The van der Waals surface area contributed by atoms with Gasteiger partial charge in [-0.15, -0.1) is 11.3 Å². The van der Waals surface area contributed by atoms with Gasteiger partial charge in [0.25, 0.3) is 0 Å². The molecular weight excluding hydrogens is 354 g/mol. The van der Waals surface area contributed by atoms with E-state index in [1.54, 1.807) is 0 Å². The van der Waals surface area contributed by atoms with Crippen molar-refractivity contribution in [2.45, 2.75) is 13.8 Å². The molecule has 0 aliphatic rings. The Kier molecular flexibility index (Phi) is 4.80. The molecule has 1 N–H and O–H groups in total. The van der Waals surface area contributed by atoms with Crippen LogP contribution in [0, 0.1) is 6.92 Å². The van der Waals surface area contributed by atoms with Crippen molar-refractivity contribution in [3.8, 4) is 16.9 Å². The van der Waals surface area contributed by atoms with Crippen molar-refractivity contribution >= 4 is 22.2 Å². The van der Waals surface area contributed by atoms with E-state index in [2.05, 4.69) is 27.5 Å². The van der Waals surface area contributed by atoms with E-state index < -0.39 is 0 Å². The van der Waals surface area contributed by atoms with Crippen LogP contribution in [0.1, 0.15) is 18.2 Å². The molecule has 0 atom stereocenters. The highest BCUT2D eigenvalue weighted by Crippen LogP contribution is 2.28. The van der Waals surface area contributed by atoms with Crippen LogP contribution in [0.15, 0.2) is 77.3 Å². The quantitative estimate of drug-likeness (QED) is 0.389. The molecule has 4 rings (SSSR count). The van der Waals surface area contributed by atoms with Crippen LogP contribution in [0.4, 0.5) is 5.13 Å². The summed E-state index contributed by atoms with van der Waals surface area (Å²) in [5.41, 5.74) is 9.08. The lowest BCUT2D eigenvalue weighted by molar-refractivity contribution is 0.847. The topological polar surface area (TPSA) is 55.1 Å². The number of anilines is 1. The largest absolute Gasteiger partial charge is 0.252 e. The zero-order valence-electron chi connectivity index (χ0n) is 15.1. The third-order valence-corrected chi connectivity index (χ3v) is 5.05. The minimum atomic E-state index is 0.757. The summed E-state index contributed by atoms with van der Waals surface area (Å²) in [6.45, 7) is 4.03. The molecule has 134 valence electrons. The van der Waals surface area contributed by atoms with Gasteiger partial charge >= 0.3 is 0 Å². The third kappa shape index (κ3) is 3.66. The maximum absolute atomic E-state index is 4.66. The molecule has 0 aliphatic heterocycles. The summed E-state index contributed by atoms with van der Waals surface area (Å²) in [5.74, 6) is 0. The molecule has 0 spiro atoms. The SMILES string of the molecule is C/C(=N\Nc1nc(-c2cnn(-c3ccccc3)c2C)cs1)c1ccccc1. The lowest BCUT2D eigenvalue weighted by atomic mass is 10.1. The van der Waals surface area contributed by atoms with Crippen LogP contribution in [0.25, 0.3) is 16.9 Å². The average Bonchev–Trinajstić information content (AvgIpc) is 3.34. The molecule has 27 heavy (non-hydrogen) atoms. The van der Waals surface area contributed by atoms with Crippen molar-refractivity contribution < 1.29 is 0 Å². The van der Waals surface area contributed by atoms with Gasteiger partial charge in [-0.05, 0) is 31.5 Å². The van der Waals surface area contributed by atoms with Gasteiger partial charge in [0.05, 0.1) is 29.0 Å². The summed E-state index contributed by atoms with van der Waals surface area (Å²) in [6, 6.07) is 20.2. The molecule has 5 nitrogen and oxygen atoms in total. The number of hydrogen-bond acceptors (Lipinski definition) is 5. The summed E-state index contributed by atoms with van der Waals surface area (Å²) in [7, 11) is 0. The number of hydrazone groups is 1. The van der Waals surface area contributed by atoms with Crippen LogP contribution in [0.2, 0.25) is 0 Å². The average molecular weight is 373 g/mol. The van der Waals surface area contributed by atoms with E-state index in [0.29, 0.717) is 0 Å². The number of benzene rings is 2.